The number of benzene rings is 2. The van der Waals surface area contributed by atoms with Crippen LogP contribution in [0.3, 0.4) is 0 Å². The second-order valence-corrected chi connectivity index (χ2v) is 9.57. The number of hydrogen-bond donors (Lipinski definition) is 1. The number of hydrogen-bond acceptors (Lipinski definition) is 9. The number of sulfone groups is 1. The van der Waals surface area contributed by atoms with E-state index in [1.165, 1.54) is 19.2 Å². The van der Waals surface area contributed by atoms with Gasteiger partial charge in [-0.1, -0.05) is 41.0 Å². The Balaban J connectivity index is 2.15. The van der Waals surface area contributed by atoms with E-state index >= 15 is 0 Å². The average molecular weight is 540 g/mol. The van der Waals surface area contributed by atoms with Gasteiger partial charge in [-0.05, 0) is 40.2 Å². The molecule has 12 heteroatoms. The zero-order valence-electron chi connectivity index (χ0n) is 16.7. The summed E-state index contributed by atoms with van der Waals surface area (Å²) in [5.74, 6) is -0.790. The van der Waals surface area contributed by atoms with Crippen molar-refractivity contribution in [3.8, 4) is 11.4 Å². The number of methoxy groups -OCH3 is 1. The molecule has 0 aliphatic rings. The number of nitrogens with zero attached hydrogens (tertiary/aromatic N) is 3. The molecule has 0 bridgehead atoms. The van der Waals surface area contributed by atoms with Crippen molar-refractivity contribution in [1.29, 1.82) is 0 Å². The zero-order chi connectivity index (χ0) is 23.5. The van der Waals surface area contributed by atoms with Crippen LogP contribution in [0.1, 0.15) is 5.89 Å². The molecule has 0 aliphatic carbocycles. The van der Waals surface area contributed by atoms with E-state index in [1.807, 2.05) is 0 Å². The molecule has 0 atom stereocenters. The highest BCUT2D eigenvalue weighted by molar-refractivity contribution is 9.12. The number of carbonyl (C=O) groups excluding carboxylic acids is 1. The molecule has 3 aromatic rings. The maximum absolute atomic E-state index is 11.9. The lowest BCUT2D eigenvalue weighted by Crippen LogP contribution is -2.18. The van der Waals surface area contributed by atoms with E-state index < -0.39 is 15.8 Å². The van der Waals surface area contributed by atoms with Crippen LogP contribution in [0.2, 0.25) is 5.02 Å². The maximum Gasteiger partial charge on any atom is 0.355 e. The summed E-state index contributed by atoms with van der Waals surface area (Å²) in [6.45, 7) is 0. The van der Waals surface area contributed by atoms with Crippen LogP contribution in [0.25, 0.3) is 11.4 Å². The Morgan fingerprint density at radius 3 is 2.59 bits per heavy atom. The van der Waals surface area contributed by atoms with Crippen LogP contribution < -0.4 is 5.73 Å². The third-order valence-corrected chi connectivity index (χ3v) is 6.32. The topological polar surface area (TPSA) is 138 Å². The summed E-state index contributed by atoms with van der Waals surface area (Å²) in [5.41, 5.74) is 6.38. The molecule has 2 N–H and O–H groups in total. The first-order valence-electron chi connectivity index (χ1n) is 8.83. The third kappa shape index (κ3) is 5.23. The van der Waals surface area contributed by atoms with Crippen molar-refractivity contribution < 1.29 is 22.5 Å². The van der Waals surface area contributed by atoms with E-state index in [-0.39, 0.29) is 32.5 Å². The van der Waals surface area contributed by atoms with E-state index in [4.69, 9.17) is 21.9 Å². The second kappa shape index (κ2) is 9.63. The van der Waals surface area contributed by atoms with E-state index in [2.05, 4.69) is 35.8 Å². The maximum atomic E-state index is 11.9. The van der Waals surface area contributed by atoms with Crippen LogP contribution >= 0.6 is 27.5 Å². The van der Waals surface area contributed by atoms with Crippen molar-refractivity contribution in [1.82, 2.24) is 10.1 Å². The number of carbonyl (C=O) groups is 1. The standard InChI is InChI=1S/C20H16BrClN4O5S/c1-30-20(27)16(23)15(21)17(24-14-9-4-3-8-13(14)22)19-25-18(26-31-19)11-6-5-7-12(10-11)32(2,28)29/h3-10H,23H2,1-2H3/b16-15+,24-17?. The number of rotatable bonds is 6. The molecule has 0 radical (unpaired) electrons. The van der Waals surface area contributed by atoms with Crippen LogP contribution in [-0.2, 0) is 19.4 Å². The Morgan fingerprint density at radius 1 is 1.22 bits per heavy atom. The van der Waals surface area contributed by atoms with E-state index in [1.54, 1.807) is 36.4 Å². The fourth-order valence-corrected chi connectivity index (χ4v) is 3.75. The number of esters is 1. The van der Waals surface area contributed by atoms with Gasteiger partial charge in [-0.2, -0.15) is 4.98 Å². The van der Waals surface area contributed by atoms with Crippen molar-refractivity contribution in [2.75, 3.05) is 13.4 Å². The van der Waals surface area contributed by atoms with Crippen molar-refractivity contribution in [2.24, 2.45) is 10.7 Å². The van der Waals surface area contributed by atoms with Gasteiger partial charge in [0.15, 0.2) is 9.84 Å². The van der Waals surface area contributed by atoms with Crippen LogP contribution in [-0.4, -0.2) is 43.6 Å². The van der Waals surface area contributed by atoms with E-state index in [0.717, 1.165) is 6.26 Å². The number of para-hydroxylation sites is 1. The monoisotopic (exact) mass is 538 g/mol. The van der Waals surface area contributed by atoms with Crippen LogP contribution in [0, 0.1) is 0 Å². The summed E-state index contributed by atoms with van der Waals surface area (Å²) in [5, 5.41) is 4.24. The highest BCUT2D eigenvalue weighted by Crippen LogP contribution is 2.29. The second-order valence-electron chi connectivity index (χ2n) is 6.35. The van der Waals surface area contributed by atoms with Crippen molar-refractivity contribution in [2.45, 2.75) is 4.90 Å². The van der Waals surface area contributed by atoms with Gasteiger partial charge in [0.05, 0.1) is 27.2 Å². The lowest BCUT2D eigenvalue weighted by atomic mass is 10.2. The summed E-state index contributed by atoms with van der Waals surface area (Å²) < 4.78 is 33.8. The van der Waals surface area contributed by atoms with Gasteiger partial charge in [-0.25, -0.2) is 18.2 Å². The van der Waals surface area contributed by atoms with E-state index in [9.17, 15) is 13.2 Å². The van der Waals surface area contributed by atoms with Crippen molar-refractivity contribution >= 4 is 54.7 Å². The molecular formula is C20H16BrClN4O5S. The molecule has 0 saturated carbocycles. The van der Waals surface area contributed by atoms with Gasteiger partial charge in [0.2, 0.25) is 5.82 Å². The molecule has 3 rings (SSSR count). The Morgan fingerprint density at radius 2 is 1.94 bits per heavy atom. The molecule has 1 aromatic heterocycles. The minimum Gasteiger partial charge on any atom is -0.464 e. The number of halogens is 2. The Labute approximate surface area is 197 Å². The number of nitrogens with two attached hydrogens (primary N) is 1. The van der Waals surface area contributed by atoms with Crippen LogP contribution in [0.4, 0.5) is 5.69 Å². The SMILES string of the molecule is COC(=O)/C(N)=C(\Br)C(=Nc1ccccc1Cl)c1nc(-c2cccc(S(C)(=O)=O)c2)no1. The third-order valence-electron chi connectivity index (χ3n) is 4.08. The van der Waals surface area contributed by atoms with Gasteiger partial charge < -0.3 is 15.0 Å². The van der Waals surface area contributed by atoms with Crippen LogP contribution in [0.15, 0.2) is 73.1 Å². The van der Waals surface area contributed by atoms with Crippen LogP contribution in [0.5, 0.6) is 0 Å². The normalized spacial score (nSPS) is 12.9. The lowest BCUT2D eigenvalue weighted by molar-refractivity contribution is -0.136. The first-order valence-corrected chi connectivity index (χ1v) is 11.9. The van der Waals surface area contributed by atoms with Crippen molar-refractivity contribution in [3.63, 3.8) is 0 Å². The lowest BCUT2D eigenvalue weighted by Gasteiger charge is -2.06. The number of allylic oxidation sites excluding steroid dienone is 1. The summed E-state index contributed by atoms with van der Waals surface area (Å²) in [6.07, 6.45) is 1.10. The Hall–Kier alpha value is -3.02. The highest BCUT2D eigenvalue weighted by atomic mass is 79.9. The number of aliphatic imine (C=N–C) groups is 1. The molecule has 166 valence electrons. The molecule has 0 amide bonds. The molecule has 2 aromatic carbocycles. The molecule has 0 aliphatic heterocycles. The fraction of sp³-hybridized carbons (Fsp3) is 0.100. The zero-order valence-corrected chi connectivity index (χ0v) is 19.9. The number of aromatic nitrogens is 2. The summed E-state index contributed by atoms with van der Waals surface area (Å²) in [6, 6.07) is 12.8. The molecule has 0 fully saturated rings. The highest BCUT2D eigenvalue weighted by Gasteiger charge is 2.23. The molecule has 0 spiro atoms. The predicted octanol–water partition coefficient (Wildman–Crippen LogP) is 3.65. The summed E-state index contributed by atoms with van der Waals surface area (Å²) in [7, 11) is -2.25. The van der Waals surface area contributed by atoms with Gasteiger partial charge in [0.1, 0.15) is 11.4 Å². The minimum atomic E-state index is -3.43. The largest absolute Gasteiger partial charge is 0.464 e. The molecular weight excluding hydrogens is 524 g/mol. The molecule has 9 nitrogen and oxygen atoms in total. The molecule has 0 unspecified atom stereocenters. The fourth-order valence-electron chi connectivity index (χ4n) is 2.48. The van der Waals surface area contributed by atoms with Crippen molar-refractivity contribution in [3.05, 3.63) is 69.6 Å². The van der Waals surface area contributed by atoms with Gasteiger partial charge in [-0.15, -0.1) is 0 Å². The van der Waals surface area contributed by atoms with Gasteiger partial charge in [0, 0.05) is 11.8 Å². The molecule has 32 heavy (non-hydrogen) atoms. The predicted molar refractivity (Wildman–Crippen MR) is 123 cm³/mol. The Kier molecular flexibility index (Phi) is 7.12. The van der Waals surface area contributed by atoms with E-state index in [0.29, 0.717) is 16.3 Å². The first kappa shape index (κ1) is 23.6. The summed E-state index contributed by atoms with van der Waals surface area (Å²) >= 11 is 9.45. The molecule has 1 heterocycles. The smallest absolute Gasteiger partial charge is 0.355 e. The number of ether oxygens (including phenoxy) is 1. The average Bonchev–Trinajstić information content (AvgIpc) is 3.26. The summed E-state index contributed by atoms with van der Waals surface area (Å²) in [4.78, 5) is 20.8. The molecule has 0 saturated heterocycles. The Bertz CT molecular complexity index is 1350. The van der Waals surface area contributed by atoms with Gasteiger partial charge in [-0.3, -0.25) is 0 Å². The van der Waals surface area contributed by atoms with Gasteiger partial charge >= 0.3 is 5.97 Å². The minimum absolute atomic E-state index is 0.0269. The quantitative estimate of drug-likeness (QED) is 0.285. The first-order chi connectivity index (χ1) is 15.1. The van der Waals surface area contributed by atoms with Gasteiger partial charge in [0.25, 0.3) is 5.89 Å².